The average molecular weight is 356 g/mol. The summed E-state index contributed by atoms with van der Waals surface area (Å²) in [6, 6.07) is 15.5. The molecule has 1 fully saturated rings. The number of carbonyl (C=O) groups excluding carboxylic acids is 1. The van der Waals surface area contributed by atoms with Crippen LogP contribution in [0.3, 0.4) is 0 Å². The first-order chi connectivity index (χ1) is 12.5. The second-order valence-electron chi connectivity index (χ2n) is 8.09. The number of rotatable bonds is 6. The largest absolute Gasteiger partial charge is 0.348 e. The van der Waals surface area contributed by atoms with Crippen LogP contribution in [0.2, 0.25) is 0 Å². The van der Waals surface area contributed by atoms with Gasteiger partial charge in [0.25, 0.3) is 5.91 Å². The minimum absolute atomic E-state index is 0.193. The van der Waals surface area contributed by atoms with E-state index in [1.54, 1.807) is 4.90 Å². The number of fused-ring (bicyclic) bond motifs is 1. The molecule has 0 bridgehead atoms. The molecule has 1 heterocycles. The molecule has 3 N–H and O–H groups in total. The number of carbonyl (C=O) groups is 1. The summed E-state index contributed by atoms with van der Waals surface area (Å²) in [7, 11) is 0. The number of quaternary nitrogens is 2. The van der Waals surface area contributed by atoms with Crippen molar-refractivity contribution in [1.29, 1.82) is 0 Å². The third-order valence-corrected chi connectivity index (χ3v) is 5.78. The van der Waals surface area contributed by atoms with E-state index >= 15 is 0 Å². The second-order valence-corrected chi connectivity index (χ2v) is 8.09. The molecular formula is C22H33N3O+2. The molecule has 2 aromatic carbocycles. The molecular weight excluding hydrogens is 322 g/mol. The number of benzene rings is 2. The fraction of sp³-hybridized carbons (Fsp3) is 0.500. The summed E-state index contributed by atoms with van der Waals surface area (Å²) >= 11 is 0. The van der Waals surface area contributed by atoms with Crippen molar-refractivity contribution >= 4 is 16.7 Å². The fourth-order valence-electron chi connectivity index (χ4n) is 3.73. The van der Waals surface area contributed by atoms with Gasteiger partial charge in [-0.15, -0.1) is 0 Å². The molecule has 3 rings (SSSR count). The summed E-state index contributed by atoms with van der Waals surface area (Å²) < 4.78 is 0. The molecule has 140 valence electrons. The van der Waals surface area contributed by atoms with E-state index < -0.39 is 0 Å². The Kier molecular flexibility index (Phi) is 6.28. The molecule has 1 saturated heterocycles. The molecule has 0 saturated carbocycles. The van der Waals surface area contributed by atoms with E-state index in [-0.39, 0.29) is 11.9 Å². The van der Waals surface area contributed by atoms with Gasteiger partial charge in [0.15, 0.2) is 6.54 Å². The van der Waals surface area contributed by atoms with Gasteiger partial charge >= 0.3 is 0 Å². The Morgan fingerprint density at radius 1 is 0.962 bits per heavy atom. The van der Waals surface area contributed by atoms with Crippen LogP contribution in [0.15, 0.2) is 42.5 Å². The van der Waals surface area contributed by atoms with Crippen molar-refractivity contribution in [2.75, 3.05) is 32.7 Å². The highest BCUT2D eigenvalue weighted by atomic mass is 16.2. The highest BCUT2D eigenvalue weighted by molar-refractivity contribution is 5.85. The van der Waals surface area contributed by atoms with Crippen LogP contribution in [0.1, 0.15) is 26.3 Å². The predicted molar refractivity (Wildman–Crippen MR) is 106 cm³/mol. The molecule has 0 radical (unpaired) electrons. The van der Waals surface area contributed by atoms with Gasteiger partial charge in [-0.25, -0.2) is 0 Å². The topological polar surface area (TPSA) is 38.0 Å². The summed E-state index contributed by atoms with van der Waals surface area (Å²) in [5.74, 6) is 0.676. The average Bonchev–Trinajstić information content (AvgIpc) is 2.63. The van der Waals surface area contributed by atoms with Gasteiger partial charge < -0.3 is 15.1 Å². The molecule has 2 aromatic rings. The summed E-state index contributed by atoms with van der Waals surface area (Å²) in [5.41, 5.74) is 1.44. The first-order valence-electron chi connectivity index (χ1n) is 9.96. The van der Waals surface area contributed by atoms with E-state index in [0.29, 0.717) is 12.5 Å². The predicted octanol–water partition coefficient (Wildman–Crippen LogP) is 0.284. The van der Waals surface area contributed by atoms with Gasteiger partial charge in [0, 0.05) is 11.6 Å². The molecule has 4 heteroatoms. The third kappa shape index (κ3) is 4.83. The van der Waals surface area contributed by atoms with Crippen LogP contribution in [-0.4, -0.2) is 44.7 Å². The van der Waals surface area contributed by atoms with E-state index in [4.69, 9.17) is 0 Å². The van der Waals surface area contributed by atoms with Crippen molar-refractivity contribution in [3.63, 3.8) is 0 Å². The van der Waals surface area contributed by atoms with E-state index in [1.807, 2.05) is 0 Å². The Balaban J connectivity index is 1.50. The van der Waals surface area contributed by atoms with Gasteiger partial charge in [0.2, 0.25) is 0 Å². The van der Waals surface area contributed by atoms with Crippen molar-refractivity contribution < 1.29 is 14.6 Å². The Morgan fingerprint density at radius 3 is 2.35 bits per heavy atom. The maximum absolute atomic E-state index is 12.2. The van der Waals surface area contributed by atoms with Gasteiger partial charge in [0.1, 0.15) is 32.7 Å². The molecule has 1 aliphatic heterocycles. The highest BCUT2D eigenvalue weighted by Crippen LogP contribution is 2.17. The molecule has 1 amide bonds. The van der Waals surface area contributed by atoms with Gasteiger partial charge in [-0.1, -0.05) is 56.3 Å². The Morgan fingerprint density at radius 2 is 1.62 bits per heavy atom. The van der Waals surface area contributed by atoms with Crippen molar-refractivity contribution in [3.05, 3.63) is 48.0 Å². The van der Waals surface area contributed by atoms with Crippen LogP contribution in [0.4, 0.5) is 0 Å². The van der Waals surface area contributed by atoms with E-state index in [0.717, 1.165) is 32.7 Å². The summed E-state index contributed by atoms with van der Waals surface area (Å²) in [4.78, 5) is 15.2. The van der Waals surface area contributed by atoms with Gasteiger partial charge in [-0.3, -0.25) is 4.79 Å². The lowest BCUT2D eigenvalue weighted by Crippen LogP contribution is -3.28. The Labute approximate surface area is 157 Å². The zero-order chi connectivity index (χ0) is 18.5. The standard InChI is InChI=1S/C22H31N3O/c1-17(2)18(3)23-22(26)16-25-13-11-24(12-14-25)15-20-9-6-8-19-7-4-5-10-21(19)20/h4-10,17-18H,11-16H2,1-3H3,(H,23,26)/p+2/t18-/m1/s1. The summed E-state index contributed by atoms with van der Waals surface area (Å²) in [6.45, 7) is 12.5. The maximum Gasteiger partial charge on any atom is 0.275 e. The Bertz CT molecular complexity index is 730. The van der Waals surface area contributed by atoms with Crippen LogP contribution in [0.5, 0.6) is 0 Å². The van der Waals surface area contributed by atoms with Crippen molar-refractivity contribution in [3.8, 4) is 0 Å². The monoisotopic (exact) mass is 355 g/mol. The first kappa shape index (κ1) is 18.9. The smallest absolute Gasteiger partial charge is 0.275 e. The zero-order valence-electron chi connectivity index (χ0n) is 16.3. The first-order valence-corrected chi connectivity index (χ1v) is 9.96. The molecule has 4 nitrogen and oxygen atoms in total. The molecule has 0 aliphatic carbocycles. The van der Waals surface area contributed by atoms with Gasteiger partial charge in [0.05, 0.1) is 0 Å². The Hall–Kier alpha value is -1.91. The quantitative estimate of drug-likeness (QED) is 0.684. The van der Waals surface area contributed by atoms with E-state index in [9.17, 15) is 4.79 Å². The molecule has 26 heavy (non-hydrogen) atoms. The molecule has 0 aromatic heterocycles. The van der Waals surface area contributed by atoms with Crippen LogP contribution >= 0.6 is 0 Å². The number of amides is 1. The normalized spacial score (nSPS) is 21.7. The zero-order valence-corrected chi connectivity index (χ0v) is 16.3. The minimum Gasteiger partial charge on any atom is -0.348 e. The van der Waals surface area contributed by atoms with Crippen molar-refractivity contribution in [2.45, 2.75) is 33.4 Å². The van der Waals surface area contributed by atoms with Crippen LogP contribution in [0.25, 0.3) is 10.8 Å². The van der Waals surface area contributed by atoms with Crippen molar-refractivity contribution in [1.82, 2.24) is 5.32 Å². The number of hydrogen-bond acceptors (Lipinski definition) is 1. The van der Waals surface area contributed by atoms with Crippen LogP contribution in [0, 0.1) is 5.92 Å². The fourth-order valence-corrected chi connectivity index (χ4v) is 3.73. The highest BCUT2D eigenvalue weighted by Gasteiger charge is 2.25. The second kappa shape index (κ2) is 8.65. The van der Waals surface area contributed by atoms with Crippen molar-refractivity contribution in [2.24, 2.45) is 5.92 Å². The minimum atomic E-state index is 0.193. The molecule has 0 spiro atoms. The molecule has 0 unspecified atom stereocenters. The lowest BCUT2D eigenvalue weighted by Gasteiger charge is -2.30. The molecule has 1 atom stereocenters. The number of hydrogen-bond donors (Lipinski definition) is 3. The van der Waals surface area contributed by atoms with Crippen LogP contribution < -0.4 is 15.1 Å². The lowest BCUT2D eigenvalue weighted by atomic mass is 10.0. The number of nitrogens with one attached hydrogen (secondary N) is 3. The molecule has 1 aliphatic rings. The van der Waals surface area contributed by atoms with Gasteiger partial charge in [-0.2, -0.15) is 0 Å². The SMILES string of the molecule is CC(C)[C@@H](C)NC(=O)C[NH+]1CC[NH+](Cc2cccc3ccccc23)CC1. The maximum atomic E-state index is 12.2. The number of piperazine rings is 1. The van der Waals surface area contributed by atoms with E-state index in [2.05, 4.69) is 68.6 Å². The van der Waals surface area contributed by atoms with E-state index in [1.165, 1.54) is 21.2 Å². The van der Waals surface area contributed by atoms with Gasteiger partial charge in [-0.05, 0) is 23.6 Å². The lowest BCUT2D eigenvalue weighted by molar-refractivity contribution is -1.02. The summed E-state index contributed by atoms with van der Waals surface area (Å²) in [6.07, 6.45) is 0. The third-order valence-electron chi connectivity index (χ3n) is 5.78. The summed E-state index contributed by atoms with van der Waals surface area (Å²) in [5, 5.41) is 5.83. The van der Waals surface area contributed by atoms with Crippen LogP contribution in [-0.2, 0) is 11.3 Å².